The number of hydrogen-bond acceptors (Lipinski definition) is 10. The summed E-state index contributed by atoms with van der Waals surface area (Å²) in [4.78, 5) is 78.1. The van der Waals surface area contributed by atoms with Crippen molar-refractivity contribution in [2.24, 2.45) is 0 Å². The van der Waals surface area contributed by atoms with Crippen LogP contribution in [0.4, 0.5) is 0 Å². The topological polar surface area (TPSA) is 223 Å². The average Bonchev–Trinajstić information content (AvgIpc) is 3.31. The zero-order chi connectivity index (χ0) is 46.2. The van der Waals surface area contributed by atoms with Crippen molar-refractivity contribution < 1.29 is 53.9 Å². The molecule has 15 nitrogen and oxygen atoms in total. The van der Waals surface area contributed by atoms with Crippen LogP contribution in [0, 0.1) is 0 Å². The first-order valence-corrected chi connectivity index (χ1v) is 21.9. The molecule has 6 atom stereocenters. The predicted molar refractivity (Wildman–Crippen MR) is 252 cm³/mol. The summed E-state index contributed by atoms with van der Waals surface area (Å²) in [6.45, 7) is 7.75. The number of carboxylic acid groups (broad SMARTS) is 2. The molecule has 0 saturated heterocycles. The van der Waals surface area contributed by atoms with Gasteiger partial charge < -0.3 is 35.0 Å². The molecule has 2 aliphatic heterocycles. The fourth-order valence-corrected chi connectivity index (χ4v) is 8.13. The van der Waals surface area contributed by atoms with Gasteiger partial charge in [0, 0.05) is 25.9 Å². The molecule has 16 heteroatoms. The van der Waals surface area contributed by atoms with Crippen LogP contribution in [0.15, 0.2) is 109 Å². The predicted octanol–water partition coefficient (Wildman–Crippen LogP) is 3.39. The van der Waals surface area contributed by atoms with Crippen molar-refractivity contribution in [3.05, 3.63) is 143 Å². The molecule has 6 rings (SSSR count). The lowest BCUT2D eigenvalue weighted by Crippen LogP contribution is -2.56. The summed E-state index contributed by atoms with van der Waals surface area (Å²) in [5.74, 6) is -3.59. The summed E-state index contributed by atoms with van der Waals surface area (Å²) in [5.41, 5.74) is 5.93. The zero-order valence-corrected chi connectivity index (χ0v) is 37.5. The number of nitrogens with one attached hydrogen (secondary N) is 2. The number of carbonyl (C=O) groups is 6. The summed E-state index contributed by atoms with van der Waals surface area (Å²) >= 11 is 0. The van der Waals surface area contributed by atoms with E-state index in [1.54, 1.807) is 27.7 Å². The Kier molecular flexibility index (Phi) is 22.4. The lowest BCUT2D eigenvalue weighted by molar-refractivity contribution is -0.153. The molecule has 2 heterocycles. The van der Waals surface area contributed by atoms with Gasteiger partial charge in [-0.1, -0.05) is 109 Å². The molecule has 0 bridgehead atoms. The molecule has 0 saturated carbocycles. The number of aryl methyl sites for hydroxylation is 2. The van der Waals surface area contributed by atoms with E-state index in [9.17, 15) is 39.0 Å². The second-order valence-electron chi connectivity index (χ2n) is 16.0. The van der Waals surface area contributed by atoms with E-state index in [1.807, 2.05) is 109 Å². The number of carboxylic acids is 2. The summed E-state index contributed by atoms with van der Waals surface area (Å²) in [6, 6.07) is 30.0. The quantitative estimate of drug-likeness (QED) is 0.0834. The molecule has 6 N–H and O–H groups in total. The van der Waals surface area contributed by atoms with Crippen LogP contribution in [-0.4, -0.2) is 134 Å². The third-order valence-electron chi connectivity index (χ3n) is 11.5. The molecule has 0 aliphatic carbocycles. The van der Waals surface area contributed by atoms with Gasteiger partial charge in [-0.25, -0.2) is 9.59 Å². The number of amides is 2. The Morgan fingerprint density at radius 3 is 1.20 bits per heavy atom. The van der Waals surface area contributed by atoms with Gasteiger partial charge in [0.1, 0.15) is 24.2 Å². The van der Waals surface area contributed by atoms with E-state index in [0.717, 1.165) is 33.4 Å². The average molecular weight is 921 g/mol. The van der Waals surface area contributed by atoms with Gasteiger partial charge in [0.2, 0.25) is 11.8 Å². The van der Waals surface area contributed by atoms with E-state index in [2.05, 4.69) is 10.6 Å². The molecule has 0 aromatic heterocycles. The number of nitrogens with zero attached hydrogens (tertiary/aromatic N) is 2. The first-order valence-electron chi connectivity index (χ1n) is 21.9. The first kappa shape index (κ1) is 54.7. The van der Waals surface area contributed by atoms with E-state index in [0.29, 0.717) is 25.7 Å². The molecule has 66 heavy (non-hydrogen) atoms. The van der Waals surface area contributed by atoms with Crippen molar-refractivity contribution in [3.63, 3.8) is 0 Å². The third-order valence-corrected chi connectivity index (χ3v) is 11.5. The second-order valence-corrected chi connectivity index (χ2v) is 16.0. The Balaban J connectivity index is 0.000000340. The van der Waals surface area contributed by atoms with Crippen LogP contribution in [0.3, 0.4) is 0 Å². The summed E-state index contributed by atoms with van der Waals surface area (Å²) in [5, 5.41) is 25.6. The highest BCUT2D eigenvalue weighted by Gasteiger charge is 2.39. The molecule has 4 aromatic carbocycles. The van der Waals surface area contributed by atoms with Crippen LogP contribution >= 0.6 is 0 Å². The Morgan fingerprint density at radius 1 is 0.561 bits per heavy atom. The number of hydrogen-bond donors (Lipinski definition) is 4. The van der Waals surface area contributed by atoms with Crippen molar-refractivity contribution in [1.82, 2.24) is 20.4 Å². The SMILES string of the molecule is CCOC(=O)[C@H](CCc1ccccc1)N[C@@H](C)C(=O)N1Cc2ccccc2C[C@H]1C(=O)O.CCOC(=O)[C@H](CCc1ccccc1)N[C@@H](C)C(=O)N1Cc2ccccc2C[C@H]1C(=O)O.O.[MgH2]. The number of rotatable bonds is 18. The Morgan fingerprint density at radius 2 is 0.879 bits per heavy atom. The fourth-order valence-electron chi connectivity index (χ4n) is 8.13. The Labute approximate surface area is 402 Å². The molecule has 2 aliphatic rings. The van der Waals surface area contributed by atoms with Gasteiger partial charge in [0.05, 0.1) is 25.3 Å². The maximum atomic E-state index is 13.3. The Bertz CT molecular complexity index is 2060. The highest BCUT2D eigenvalue weighted by molar-refractivity contribution is 5.89. The minimum atomic E-state index is -1.04. The number of esters is 2. The van der Waals surface area contributed by atoms with Crippen molar-refractivity contribution in [3.8, 4) is 0 Å². The molecular weight excluding hydrogens is 857 g/mol. The van der Waals surface area contributed by atoms with Gasteiger partial charge >= 0.3 is 46.9 Å². The minimum Gasteiger partial charge on any atom is -0.480 e. The summed E-state index contributed by atoms with van der Waals surface area (Å²) < 4.78 is 10.4. The number of carbonyl (C=O) groups excluding carboxylic acids is 4. The molecule has 0 radical (unpaired) electrons. The summed E-state index contributed by atoms with van der Waals surface area (Å²) in [7, 11) is 0. The molecule has 0 spiro atoms. The van der Waals surface area contributed by atoms with Gasteiger partial charge in [-0.3, -0.25) is 29.8 Å². The van der Waals surface area contributed by atoms with Gasteiger partial charge in [-0.05, 0) is 86.8 Å². The van der Waals surface area contributed by atoms with Crippen LogP contribution in [0.1, 0.15) is 73.9 Å². The van der Waals surface area contributed by atoms with Gasteiger partial charge in [-0.15, -0.1) is 0 Å². The standard InChI is InChI=1S/2C25H30N2O5.Mg.H2O.2H/c2*1-3-32-25(31)21(14-13-18-9-5-4-6-10-18)26-17(2)23(28)27-16-20-12-8-7-11-19(20)15-22(27)24(29)30;;;;/h2*4-12,17,21-22,26H,3,13-16H2,1-2H3,(H,29,30);;1H2;;/t2*17-,21-,22-;;;;/m00..../s1. The molecule has 4 aromatic rings. The second kappa shape index (κ2) is 27.1. The van der Waals surface area contributed by atoms with Crippen LogP contribution in [0.25, 0.3) is 0 Å². The van der Waals surface area contributed by atoms with E-state index >= 15 is 0 Å². The van der Waals surface area contributed by atoms with E-state index in [-0.39, 0.29) is 79.5 Å². The van der Waals surface area contributed by atoms with Gasteiger partial charge in [-0.2, -0.15) is 0 Å². The third kappa shape index (κ3) is 15.2. The van der Waals surface area contributed by atoms with E-state index in [1.165, 1.54) is 9.80 Å². The molecule has 0 fully saturated rings. The van der Waals surface area contributed by atoms with Gasteiger partial charge in [0.15, 0.2) is 0 Å². The fraction of sp³-hybridized carbons (Fsp3) is 0.400. The largest absolute Gasteiger partial charge is 0.480 e. The van der Waals surface area contributed by atoms with Crippen molar-refractivity contribution in [1.29, 1.82) is 0 Å². The number of aliphatic carboxylic acids is 2. The number of fused-ring (bicyclic) bond motifs is 2. The maximum Gasteiger partial charge on any atom is 0.326 e. The lowest BCUT2D eigenvalue weighted by atomic mass is 9.93. The normalized spacial score (nSPS) is 16.7. The maximum absolute atomic E-state index is 13.3. The molecule has 2 amide bonds. The first-order chi connectivity index (χ1) is 30.8. The van der Waals surface area contributed by atoms with Crippen molar-refractivity contribution in [2.45, 2.75) is 116 Å². The lowest BCUT2D eigenvalue weighted by Gasteiger charge is -2.36. The molecule has 352 valence electrons. The molecule has 0 unspecified atom stereocenters. The number of benzene rings is 4. The van der Waals surface area contributed by atoms with Crippen LogP contribution < -0.4 is 10.6 Å². The monoisotopic (exact) mass is 920 g/mol. The van der Waals surface area contributed by atoms with E-state index < -0.39 is 60.1 Å². The zero-order valence-electron chi connectivity index (χ0n) is 37.5. The highest BCUT2D eigenvalue weighted by Crippen LogP contribution is 2.26. The van der Waals surface area contributed by atoms with Crippen molar-refractivity contribution >= 4 is 58.7 Å². The van der Waals surface area contributed by atoms with Crippen LogP contribution in [0.5, 0.6) is 0 Å². The minimum absolute atomic E-state index is 0. The Hall–Kier alpha value is -5.65. The van der Waals surface area contributed by atoms with Crippen LogP contribution in [0.2, 0.25) is 0 Å². The highest BCUT2D eigenvalue weighted by atomic mass is 24.3. The smallest absolute Gasteiger partial charge is 0.326 e. The van der Waals surface area contributed by atoms with Crippen molar-refractivity contribution in [2.75, 3.05) is 13.2 Å². The molecular formula is C50H64MgN4O11. The summed E-state index contributed by atoms with van der Waals surface area (Å²) in [6.07, 6.45) is 2.75. The van der Waals surface area contributed by atoms with E-state index in [4.69, 9.17) is 9.47 Å². The number of ether oxygens (including phenoxy) is 2. The van der Waals surface area contributed by atoms with Crippen LogP contribution in [-0.2, 0) is 77.0 Å². The van der Waals surface area contributed by atoms with Gasteiger partial charge in [0.25, 0.3) is 0 Å².